The maximum atomic E-state index is 12.2. The second-order valence-electron chi connectivity index (χ2n) is 7.68. The van der Waals surface area contributed by atoms with Crippen molar-refractivity contribution in [1.29, 1.82) is 0 Å². The molecule has 1 aliphatic rings. The van der Waals surface area contributed by atoms with Gasteiger partial charge in [-0.3, -0.25) is 20.4 Å². The van der Waals surface area contributed by atoms with E-state index >= 15 is 0 Å². The van der Waals surface area contributed by atoms with Crippen LogP contribution in [0.5, 0.6) is 0 Å². The van der Waals surface area contributed by atoms with Gasteiger partial charge in [0, 0.05) is 5.92 Å². The van der Waals surface area contributed by atoms with E-state index in [9.17, 15) is 9.59 Å². The highest BCUT2D eigenvalue weighted by molar-refractivity contribution is 5.96. The normalized spacial score (nSPS) is 21.8. The Morgan fingerprint density at radius 3 is 2.17 bits per heavy atom. The zero-order chi connectivity index (χ0) is 17.2. The molecule has 1 aromatic heterocycles. The van der Waals surface area contributed by atoms with Gasteiger partial charge in [0.25, 0.3) is 5.91 Å². The largest absolute Gasteiger partial charge is 0.466 e. The highest BCUT2D eigenvalue weighted by Gasteiger charge is 2.32. The molecule has 2 N–H and O–H groups in total. The van der Waals surface area contributed by atoms with Crippen LogP contribution in [0.3, 0.4) is 0 Å². The Balaban J connectivity index is 1.82. The third-order valence-electron chi connectivity index (χ3n) is 4.91. The molecule has 1 aromatic rings. The maximum Gasteiger partial charge on any atom is 0.273 e. The molecular weight excluding hydrogens is 292 g/mol. The van der Waals surface area contributed by atoms with Crippen molar-refractivity contribution in [2.75, 3.05) is 0 Å². The van der Waals surface area contributed by atoms with Crippen LogP contribution in [-0.2, 0) is 4.79 Å². The lowest BCUT2D eigenvalue weighted by molar-refractivity contribution is -0.127. The average molecular weight is 320 g/mol. The van der Waals surface area contributed by atoms with Crippen LogP contribution >= 0.6 is 0 Å². The minimum absolute atomic E-state index is 0.0129. The summed E-state index contributed by atoms with van der Waals surface area (Å²) in [5.74, 6) is 1.46. The number of aryl methyl sites for hydroxylation is 2. The van der Waals surface area contributed by atoms with Gasteiger partial charge in [0.2, 0.25) is 5.91 Å². The van der Waals surface area contributed by atoms with Crippen LogP contribution in [0.4, 0.5) is 0 Å². The standard InChI is InChI=1S/C18H28N2O3/c1-11-10-15(12(2)23-11)17(22)20-19-16(21)13-6-8-14(9-7-13)18(3,4)5/h10,13-14H,6-9H2,1-5H3,(H,19,21)(H,20,22). The van der Waals surface area contributed by atoms with E-state index in [-0.39, 0.29) is 17.7 Å². The number of carbonyl (C=O) groups excluding carboxylic acids is 2. The summed E-state index contributed by atoms with van der Waals surface area (Å²) in [6, 6.07) is 1.67. The second kappa shape index (κ2) is 6.77. The summed E-state index contributed by atoms with van der Waals surface area (Å²) >= 11 is 0. The molecule has 128 valence electrons. The van der Waals surface area contributed by atoms with Gasteiger partial charge in [0.15, 0.2) is 0 Å². The molecular formula is C18H28N2O3. The maximum absolute atomic E-state index is 12.2. The summed E-state index contributed by atoms with van der Waals surface area (Å²) in [5.41, 5.74) is 5.81. The van der Waals surface area contributed by atoms with E-state index in [0.717, 1.165) is 25.7 Å². The van der Waals surface area contributed by atoms with E-state index < -0.39 is 0 Å². The van der Waals surface area contributed by atoms with Gasteiger partial charge in [0.05, 0.1) is 5.56 Å². The van der Waals surface area contributed by atoms with E-state index in [1.165, 1.54) is 0 Å². The van der Waals surface area contributed by atoms with E-state index in [1.807, 2.05) is 0 Å². The molecule has 0 radical (unpaired) electrons. The smallest absolute Gasteiger partial charge is 0.273 e. The molecule has 1 saturated carbocycles. The lowest BCUT2D eigenvalue weighted by Gasteiger charge is -2.36. The van der Waals surface area contributed by atoms with Crippen molar-refractivity contribution in [3.8, 4) is 0 Å². The third-order valence-corrected chi connectivity index (χ3v) is 4.91. The third kappa shape index (κ3) is 4.36. The van der Waals surface area contributed by atoms with Crippen LogP contribution in [0.15, 0.2) is 10.5 Å². The first-order chi connectivity index (χ1) is 10.7. The van der Waals surface area contributed by atoms with Crippen molar-refractivity contribution in [1.82, 2.24) is 10.9 Å². The molecule has 0 unspecified atom stereocenters. The summed E-state index contributed by atoms with van der Waals surface area (Å²) in [5, 5.41) is 0. The molecule has 0 spiro atoms. The number of carbonyl (C=O) groups is 2. The zero-order valence-corrected chi connectivity index (χ0v) is 14.8. The van der Waals surface area contributed by atoms with Crippen LogP contribution in [-0.4, -0.2) is 11.8 Å². The number of hydrogen-bond acceptors (Lipinski definition) is 3. The van der Waals surface area contributed by atoms with Crippen molar-refractivity contribution in [3.63, 3.8) is 0 Å². The van der Waals surface area contributed by atoms with Gasteiger partial charge in [0.1, 0.15) is 11.5 Å². The number of hydrazine groups is 1. The SMILES string of the molecule is Cc1cc(C(=O)NNC(=O)C2CCC(C(C)(C)C)CC2)c(C)o1. The van der Waals surface area contributed by atoms with Crippen molar-refractivity contribution in [2.24, 2.45) is 17.3 Å². The molecule has 5 nitrogen and oxygen atoms in total. The first kappa shape index (κ1) is 17.6. The molecule has 5 heteroatoms. The van der Waals surface area contributed by atoms with Crippen LogP contribution in [0.1, 0.15) is 68.3 Å². The summed E-state index contributed by atoms with van der Waals surface area (Å²) < 4.78 is 5.33. The predicted molar refractivity (Wildman–Crippen MR) is 88.7 cm³/mol. The van der Waals surface area contributed by atoms with E-state index in [2.05, 4.69) is 31.6 Å². The van der Waals surface area contributed by atoms with Crippen LogP contribution in [0.25, 0.3) is 0 Å². The quantitative estimate of drug-likeness (QED) is 0.819. The van der Waals surface area contributed by atoms with Gasteiger partial charge in [-0.05, 0) is 56.9 Å². The summed E-state index contributed by atoms with van der Waals surface area (Å²) in [6.07, 6.45) is 3.89. The minimum atomic E-state index is -0.337. The zero-order valence-electron chi connectivity index (χ0n) is 14.8. The summed E-state index contributed by atoms with van der Waals surface area (Å²) in [4.78, 5) is 24.3. The Morgan fingerprint density at radius 1 is 1.09 bits per heavy atom. The Labute approximate surface area is 138 Å². The van der Waals surface area contributed by atoms with Gasteiger partial charge in [-0.15, -0.1) is 0 Å². The van der Waals surface area contributed by atoms with Crippen LogP contribution in [0.2, 0.25) is 0 Å². The topological polar surface area (TPSA) is 71.3 Å². The van der Waals surface area contributed by atoms with Crippen molar-refractivity contribution in [3.05, 3.63) is 23.2 Å². The number of amides is 2. The van der Waals surface area contributed by atoms with Crippen molar-refractivity contribution >= 4 is 11.8 Å². The fourth-order valence-corrected chi connectivity index (χ4v) is 3.37. The summed E-state index contributed by atoms with van der Waals surface area (Å²) in [7, 11) is 0. The molecule has 1 fully saturated rings. The fourth-order valence-electron chi connectivity index (χ4n) is 3.37. The highest BCUT2D eigenvalue weighted by Crippen LogP contribution is 2.39. The van der Waals surface area contributed by atoms with Crippen LogP contribution < -0.4 is 10.9 Å². The minimum Gasteiger partial charge on any atom is -0.466 e. The number of furan rings is 1. The predicted octanol–water partition coefficient (Wildman–Crippen LogP) is 3.51. The molecule has 2 amide bonds. The summed E-state index contributed by atoms with van der Waals surface area (Å²) in [6.45, 7) is 10.3. The van der Waals surface area contributed by atoms with E-state index in [0.29, 0.717) is 28.4 Å². The van der Waals surface area contributed by atoms with Gasteiger partial charge in [-0.1, -0.05) is 20.8 Å². The average Bonchev–Trinajstić information content (AvgIpc) is 2.82. The first-order valence-electron chi connectivity index (χ1n) is 8.35. The van der Waals surface area contributed by atoms with Gasteiger partial charge in [-0.2, -0.15) is 0 Å². The van der Waals surface area contributed by atoms with Crippen molar-refractivity contribution < 1.29 is 14.0 Å². The van der Waals surface area contributed by atoms with E-state index in [4.69, 9.17) is 4.42 Å². The molecule has 0 saturated heterocycles. The molecule has 2 rings (SSSR count). The Bertz CT molecular complexity index is 576. The molecule has 0 atom stereocenters. The van der Waals surface area contributed by atoms with Gasteiger partial charge < -0.3 is 4.42 Å². The fraction of sp³-hybridized carbons (Fsp3) is 0.667. The molecule has 0 bridgehead atoms. The number of hydrogen-bond donors (Lipinski definition) is 2. The molecule has 23 heavy (non-hydrogen) atoms. The molecule has 1 aliphatic carbocycles. The Kier molecular flexibility index (Phi) is 5.17. The van der Waals surface area contributed by atoms with Gasteiger partial charge in [-0.25, -0.2) is 0 Å². The molecule has 0 aliphatic heterocycles. The number of rotatable bonds is 2. The monoisotopic (exact) mass is 320 g/mol. The first-order valence-corrected chi connectivity index (χ1v) is 8.35. The molecule has 0 aromatic carbocycles. The van der Waals surface area contributed by atoms with Crippen LogP contribution in [0, 0.1) is 31.1 Å². The lowest BCUT2D eigenvalue weighted by atomic mass is 9.70. The van der Waals surface area contributed by atoms with Crippen molar-refractivity contribution in [2.45, 2.75) is 60.3 Å². The lowest BCUT2D eigenvalue weighted by Crippen LogP contribution is -2.45. The second-order valence-corrected chi connectivity index (χ2v) is 7.68. The Hall–Kier alpha value is -1.78. The molecule has 1 heterocycles. The van der Waals surface area contributed by atoms with Gasteiger partial charge >= 0.3 is 0 Å². The highest BCUT2D eigenvalue weighted by atomic mass is 16.3. The Morgan fingerprint density at radius 2 is 1.70 bits per heavy atom. The van der Waals surface area contributed by atoms with E-state index in [1.54, 1.807) is 19.9 Å². The number of nitrogens with one attached hydrogen (secondary N) is 2.